The standard InChI is InChI=1S/C30H22N4O6/c1-18-27-25(32-33-29(35)22-4-2-5-23(16-22)34(37)38)6-3-7-26(27)40-28(18)30(36)39-24-14-12-21(13-15-24)20-10-8-19(17-31)9-11-20/h2,4-5,8-16H,3,6-7H2,1H3,(H,33,35)/b32-25+. The van der Waals surface area contributed by atoms with E-state index in [2.05, 4.69) is 16.6 Å². The number of hydrazone groups is 1. The Morgan fingerprint density at radius 1 is 1.05 bits per heavy atom. The molecule has 3 aromatic carbocycles. The van der Waals surface area contributed by atoms with Crippen LogP contribution in [0.5, 0.6) is 5.75 Å². The maximum atomic E-state index is 13.0. The number of non-ortho nitro benzene ring substituents is 1. The van der Waals surface area contributed by atoms with Gasteiger partial charge in [-0.25, -0.2) is 10.2 Å². The van der Waals surface area contributed by atoms with E-state index in [1.807, 2.05) is 24.3 Å². The fourth-order valence-electron chi connectivity index (χ4n) is 4.52. The van der Waals surface area contributed by atoms with E-state index in [4.69, 9.17) is 14.4 Å². The zero-order valence-corrected chi connectivity index (χ0v) is 21.3. The Bertz CT molecular complexity index is 1700. The molecule has 0 bridgehead atoms. The van der Waals surface area contributed by atoms with Crippen LogP contribution in [0.1, 0.15) is 56.2 Å². The molecule has 198 valence electrons. The monoisotopic (exact) mass is 534 g/mol. The van der Waals surface area contributed by atoms with Gasteiger partial charge in [0.1, 0.15) is 11.5 Å². The third kappa shape index (κ3) is 5.35. The molecule has 1 amide bonds. The molecule has 0 saturated carbocycles. The minimum absolute atomic E-state index is 0.0563. The Balaban J connectivity index is 1.31. The zero-order chi connectivity index (χ0) is 28.2. The minimum Gasteiger partial charge on any atom is -0.453 e. The number of nitrogens with one attached hydrogen (secondary N) is 1. The van der Waals surface area contributed by atoms with Gasteiger partial charge in [0, 0.05) is 35.2 Å². The second-order valence-electron chi connectivity index (χ2n) is 9.12. The number of ether oxygens (including phenoxy) is 1. The van der Waals surface area contributed by atoms with Crippen molar-refractivity contribution >= 4 is 23.3 Å². The van der Waals surface area contributed by atoms with Crippen LogP contribution in [-0.4, -0.2) is 22.5 Å². The van der Waals surface area contributed by atoms with E-state index in [1.165, 1.54) is 24.3 Å². The summed E-state index contributed by atoms with van der Waals surface area (Å²) < 4.78 is 11.4. The molecule has 1 heterocycles. The molecule has 0 aliphatic heterocycles. The number of rotatable bonds is 6. The number of nitro groups is 1. The molecule has 1 N–H and O–H groups in total. The molecular formula is C30H22N4O6. The molecule has 0 unspecified atom stereocenters. The summed E-state index contributed by atoms with van der Waals surface area (Å²) >= 11 is 0. The average Bonchev–Trinajstić information content (AvgIpc) is 3.33. The van der Waals surface area contributed by atoms with E-state index >= 15 is 0 Å². The number of benzene rings is 3. The molecule has 10 heteroatoms. The maximum Gasteiger partial charge on any atom is 0.379 e. The van der Waals surface area contributed by atoms with Crippen LogP contribution in [0.25, 0.3) is 11.1 Å². The molecule has 10 nitrogen and oxygen atoms in total. The fourth-order valence-corrected chi connectivity index (χ4v) is 4.52. The topological polar surface area (TPSA) is 148 Å². The number of nitro benzene ring substituents is 1. The van der Waals surface area contributed by atoms with Gasteiger partial charge in [0.05, 0.1) is 22.3 Å². The van der Waals surface area contributed by atoms with Gasteiger partial charge in [-0.2, -0.15) is 10.4 Å². The number of furan rings is 1. The third-order valence-electron chi connectivity index (χ3n) is 6.53. The Morgan fingerprint density at radius 3 is 2.42 bits per heavy atom. The van der Waals surface area contributed by atoms with Crippen LogP contribution in [0.4, 0.5) is 5.69 Å². The summed E-state index contributed by atoms with van der Waals surface area (Å²) in [5.41, 5.74) is 6.52. The Hall–Kier alpha value is -5.56. The molecule has 40 heavy (non-hydrogen) atoms. The van der Waals surface area contributed by atoms with Gasteiger partial charge >= 0.3 is 5.97 Å². The molecule has 0 spiro atoms. The summed E-state index contributed by atoms with van der Waals surface area (Å²) in [6.45, 7) is 1.73. The fraction of sp³-hybridized carbons (Fsp3) is 0.133. The van der Waals surface area contributed by atoms with Gasteiger partial charge in [0.25, 0.3) is 11.6 Å². The normalized spacial score (nSPS) is 13.2. The van der Waals surface area contributed by atoms with Crippen LogP contribution >= 0.6 is 0 Å². The third-order valence-corrected chi connectivity index (χ3v) is 6.53. The van der Waals surface area contributed by atoms with Gasteiger partial charge in [0.2, 0.25) is 5.76 Å². The predicted molar refractivity (Wildman–Crippen MR) is 145 cm³/mol. The van der Waals surface area contributed by atoms with Gasteiger partial charge in [-0.05, 0) is 61.2 Å². The lowest BCUT2D eigenvalue weighted by atomic mass is 9.93. The predicted octanol–water partition coefficient (Wildman–Crippen LogP) is 5.72. The van der Waals surface area contributed by atoms with E-state index in [0.29, 0.717) is 53.2 Å². The van der Waals surface area contributed by atoms with Crippen LogP contribution in [0.15, 0.2) is 82.3 Å². The molecule has 0 atom stereocenters. The van der Waals surface area contributed by atoms with Crippen molar-refractivity contribution in [1.82, 2.24) is 5.43 Å². The summed E-state index contributed by atoms with van der Waals surface area (Å²) in [5.74, 6) is -0.267. The first-order valence-electron chi connectivity index (χ1n) is 12.4. The molecule has 0 saturated heterocycles. The summed E-state index contributed by atoms with van der Waals surface area (Å²) in [6.07, 6.45) is 1.85. The molecule has 1 aliphatic carbocycles. The number of nitrogens with zero attached hydrogens (tertiary/aromatic N) is 3. The van der Waals surface area contributed by atoms with Gasteiger partial charge in [-0.1, -0.05) is 30.3 Å². The number of esters is 1. The van der Waals surface area contributed by atoms with Crippen LogP contribution in [-0.2, 0) is 6.42 Å². The Kier molecular flexibility index (Phi) is 7.20. The van der Waals surface area contributed by atoms with Crippen molar-refractivity contribution in [2.24, 2.45) is 5.10 Å². The van der Waals surface area contributed by atoms with Crippen molar-refractivity contribution < 1.29 is 23.7 Å². The number of carbonyl (C=O) groups is 2. The van der Waals surface area contributed by atoms with Gasteiger partial charge in [0.15, 0.2) is 0 Å². The average molecular weight is 535 g/mol. The van der Waals surface area contributed by atoms with Crippen molar-refractivity contribution in [2.45, 2.75) is 26.2 Å². The number of carbonyl (C=O) groups excluding carboxylic acids is 2. The number of amides is 1. The second-order valence-corrected chi connectivity index (χ2v) is 9.12. The largest absolute Gasteiger partial charge is 0.453 e. The number of fused-ring (bicyclic) bond motifs is 1. The van der Waals surface area contributed by atoms with Crippen molar-refractivity contribution in [3.05, 3.63) is 117 Å². The van der Waals surface area contributed by atoms with E-state index in [0.717, 1.165) is 11.1 Å². The molecule has 5 rings (SSSR count). The molecule has 0 radical (unpaired) electrons. The highest BCUT2D eigenvalue weighted by Gasteiger charge is 2.29. The van der Waals surface area contributed by atoms with E-state index in [1.54, 1.807) is 31.2 Å². The van der Waals surface area contributed by atoms with E-state index in [-0.39, 0.29) is 17.0 Å². The van der Waals surface area contributed by atoms with Crippen LogP contribution in [0.3, 0.4) is 0 Å². The molecule has 1 aromatic heterocycles. The lowest BCUT2D eigenvalue weighted by Gasteiger charge is -2.13. The van der Waals surface area contributed by atoms with Crippen LogP contribution < -0.4 is 10.2 Å². The highest BCUT2D eigenvalue weighted by molar-refractivity contribution is 6.06. The summed E-state index contributed by atoms with van der Waals surface area (Å²) in [6, 6.07) is 21.6. The molecule has 0 fully saturated rings. The van der Waals surface area contributed by atoms with Crippen molar-refractivity contribution in [2.75, 3.05) is 0 Å². The summed E-state index contributed by atoms with van der Waals surface area (Å²) in [4.78, 5) is 36.0. The zero-order valence-electron chi connectivity index (χ0n) is 21.3. The molecular weight excluding hydrogens is 512 g/mol. The SMILES string of the molecule is Cc1c(C(=O)Oc2ccc(-c3ccc(C#N)cc3)cc2)oc2c1/C(=N/NC(=O)c1cccc([N+](=O)[O-])c1)CCC2. The first kappa shape index (κ1) is 26.1. The van der Waals surface area contributed by atoms with Gasteiger partial charge < -0.3 is 9.15 Å². The van der Waals surface area contributed by atoms with E-state index < -0.39 is 16.8 Å². The first-order chi connectivity index (χ1) is 19.3. The first-order valence-corrected chi connectivity index (χ1v) is 12.4. The highest BCUT2D eigenvalue weighted by atomic mass is 16.6. The summed E-state index contributed by atoms with van der Waals surface area (Å²) in [5, 5.41) is 24.2. The summed E-state index contributed by atoms with van der Waals surface area (Å²) in [7, 11) is 0. The highest BCUT2D eigenvalue weighted by Crippen LogP contribution is 2.31. The van der Waals surface area contributed by atoms with E-state index in [9.17, 15) is 19.7 Å². The number of hydrogen-bond donors (Lipinski definition) is 1. The van der Waals surface area contributed by atoms with Crippen molar-refractivity contribution in [3.63, 3.8) is 0 Å². The van der Waals surface area contributed by atoms with Crippen molar-refractivity contribution in [1.29, 1.82) is 5.26 Å². The van der Waals surface area contributed by atoms with Crippen LogP contribution in [0.2, 0.25) is 0 Å². The smallest absolute Gasteiger partial charge is 0.379 e. The van der Waals surface area contributed by atoms with Gasteiger partial charge in [-0.15, -0.1) is 0 Å². The second kappa shape index (κ2) is 11.0. The Morgan fingerprint density at radius 2 is 1.75 bits per heavy atom. The lowest BCUT2D eigenvalue weighted by molar-refractivity contribution is -0.384. The van der Waals surface area contributed by atoms with Gasteiger partial charge in [-0.3, -0.25) is 14.9 Å². The molecule has 1 aliphatic rings. The lowest BCUT2D eigenvalue weighted by Crippen LogP contribution is -2.22. The Labute approximate surface area is 228 Å². The minimum atomic E-state index is -0.655. The van der Waals surface area contributed by atoms with Crippen molar-refractivity contribution in [3.8, 4) is 22.9 Å². The molecule has 4 aromatic rings. The van der Waals surface area contributed by atoms with Crippen LogP contribution in [0, 0.1) is 28.4 Å². The number of aryl methyl sites for hydroxylation is 1. The quantitative estimate of drug-likeness (QED) is 0.144. The number of nitriles is 1. The number of hydrogen-bond acceptors (Lipinski definition) is 8. The maximum absolute atomic E-state index is 13.0.